The van der Waals surface area contributed by atoms with E-state index in [0.29, 0.717) is 27.8 Å². The van der Waals surface area contributed by atoms with Gasteiger partial charge in [-0.1, -0.05) is 12.1 Å². The van der Waals surface area contributed by atoms with Gasteiger partial charge in [-0.15, -0.1) is 16.4 Å². The smallest absolute Gasteiger partial charge is 0.416 e. The van der Waals surface area contributed by atoms with Crippen molar-refractivity contribution in [1.82, 2.24) is 14.6 Å². The summed E-state index contributed by atoms with van der Waals surface area (Å²) < 4.78 is 46.1. The van der Waals surface area contributed by atoms with E-state index in [1.54, 1.807) is 36.5 Å². The summed E-state index contributed by atoms with van der Waals surface area (Å²) in [7, 11) is 0. The molecule has 2 N–H and O–H groups in total. The highest BCUT2D eigenvalue weighted by Gasteiger charge is 2.30. The molecule has 0 bridgehead atoms. The minimum Gasteiger partial charge on any atom is -0.438 e. The van der Waals surface area contributed by atoms with E-state index in [2.05, 4.69) is 20.7 Å². The third kappa shape index (κ3) is 5.49. The van der Waals surface area contributed by atoms with Crippen LogP contribution in [-0.2, 0) is 6.18 Å². The fraction of sp³-hybridized carbons (Fsp3) is 0.0769. The summed E-state index contributed by atoms with van der Waals surface area (Å²) in [6, 6.07) is 15.6. The molecule has 192 valence electrons. The molecule has 0 unspecified atom stereocenters. The molecule has 3 heterocycles. The Labute approximate surface area is 217 Å². The summed E-state index contributed by atoms with van der Waals surface area (Å²) in [4.78, 5) is 29.9. The van der Waals surface area contributed by atoms with Gasteiger partial charge in [0.2, 0.25) is 5.88 Å². The first kappa shape index (κ1) is 25.0. The van der Waals surface area contributed by atoms with Crippen LogP contribution >= 0.6 is 11.3 Å². The standard InChI is InChI=1S/C26H18F3N5O3S/c1-15-10-11-38-23(15)25(36)32-20-14-34-21(31-20)8-9-22(33-34)37-19-7-3-6-18(13-19)30-24(35)16-4-2-5-17(12-16)26(27,28)29/h2-14H,1H3,(H,30,35)(H,32,36). The van der Waals surface area contributed by atoms with Gasteiger partial charge in [-0.05, 0) is 60.3 Å². The molecular weight excluding hydrogens is 519 g/mol. The Hall–Kier alpha value is -4.71. The molecule has 12 heteroatoms. The average Bonchev–Trinajstić information content (AvgIpc) is 3.49. The number of anilines is 2. The van der Waals surface area contributed by atoms with Crippen LogP contribution in [0.4, 0.5) is 24.7 Å². The maximum Gasteiger partial charge on any atom is 0.416 e. The zero-order valence-corrected chi connectivity index (χ0v) is 20.4. The van der Waals surface area contributed by atoms with Crippen LogP contribution in [0.5, 0.6) is 11.6 Å². The topological polar surface area (TPSA) is 97.6 Å². The quantitative estimate of drug-likeness (QED) is 0.261. The first-order valence-electron chi connectivity index (χ1n) is 11.1. The van der Waals surface area contributed by atoms with Crippen molar-refractivity contribution in [1.29, 1.82) is 0 Å². The van der Waals surface area contributed by atoms with Gasteiger partial charge in [-0.3, -0.25) is 9.59 Å². The molecule has 8 nitrogen and oxygen atoms in total. The van der Waals surface area contributed by atoms with Crippen molar-refractivity contribution in [3.8, 4) is 11.6 Å². The van der Waals surface area contributed by atoms with E-state index in [4.69, 9.17) is 4.74 Å². The summed E-state index contributed by atoms with van der Waals surface area (Å²) in [6.07, 6.45) is -3.00. The Morgan fingerprint density at radius 3 is 2.55 bits per heavy atom. The number of aromatic nitrogens is 3. The third-order valence-corrected chi connectivity index (χ3v) is 6.39. The van der Waals surface area contributed by atoms with Crippen LogP contribution in [-0.4, -0.2) is 26.4 Å². The van der Waals surface area contributed by atoms with Crippen molar-refractivity contribution in [2.45, 2.75) is 13.1 Å². The Morgan fingerprint density at radius 2 is 1.79 bits per heavy atom. The molecule has 2 aromatic carbocycles. The normalized spacial score (nSPS) is 11.4. The number of alkyl halides is 3. The van der Waals surface area contributed by atoms with Crippen LogP contribution in [0.1, 0.15) is 31.2 Å². The van der Waals surface area contributed by atoms with E-state index in [9.17, 15) is 22.8 Å². The minimum atomic E-state index is -4.55. The minimum absolute atomic E-state index is 0.129. The Bertz CT molecular complexity index is 1660. The van der Waals surface area contributed by atoms with E-state index in [1.165, 1.54) is 34.1 Å². The molecule has 0 aliphatic heterocycles. The molecule has 0 aliphatic rings. The fourth-order valence-corrected chi connectivity index (χ4v) is 4.38. The summed E-state index contributed by atoms with van der Waals surface area (Å²) >= 11 is 1.34. The number of thiophene rings is 1. The van der Waals surface area contributed by atoms with E-state index < -0.39 is 17.6 Å². The fourth-order valence-electron chi connectivity index (χ4n) is 3.56. The molecular formula is C26H18F3N5O3S. The Morgan fingerprint density at radius 1 is 0.974 bits per heavy atom. The van der Waals surface area contributed by atoms with Crippen molar-refractivity contribution < 1.29 is 27.5 Å². The average molecular weight is 538 g/mol. The first-order chi connectivity index (χ1) is 18.2. The number of rotatable bonds is 6. The molecule has 0 spiro atoms. The van der Waals surface area contributed by atoms with Crippen LogP contribution < -0.4 is 15.4 Å². The van der Waals surface area contributed by atoms with Crippen molar-refractivity contribution in [3.05, 3.63) is 99.9 Å². The number of nitrogens with one attached hydrogen (secondary N) is 2. The number of carbonyl (C=O) groups is 2. The van der Waals surface area contributed by atoms with Gasteiger partial charge in [0.1, 0.15) is 5.75 Å². The predicted octanol–water partition coefficient (Wildman–Crippen LogP) is 6.41. The van der Waals surface area contributed by atoms with Crippen LogP contribution in [0.3, 0.4) is 0 Å². The Kier molecular flexibility index (Phi) is 6.55. The Balaban J connectivity index is 1.28. The first-order valence-corrected chi connectivity index (χ1v) is 12.0. The van der Waals surface area contributed by atoms with E-state index in [-0.39, 0.29) is 17.4 Å². The molecule has 0 saturated heterocycles. The van der Waals surface area contributed by atoms with Crippen LogP contribution in [0, 0.1) is 6.92 Å². The number of imidazole rings is 1. The monoisotopic (exact) mass is 537 g/mol. The number of benzene rings is 2. The highest BCUT2D eigenvalue weighted by Crippen LogP contribution is 2.30. The maximum absolute atomic E-state index is 13.0. The highest BCUT2D eigenvalue weighted by molar-refractivity contribution is 7.12. The van der Waals surface area contributed by atoms with E-state index in [0.717, 1.165) is 17.7 Å². The van der Waals surface area contributed by atoms with Gasteiger partial charge >= 0.3 is 6.18 Å². The van der Waals surface area contributed by atoms with Gasteiger partial charge in [0.15, 0.2) is 11.5 Å². The third-order valence-electron chi connectivity index (χ3n) is 5.37. The second-order valence-electron chi connectivity index (χ2n) is 8.15. The van der Waals surface area contributed by atoms with Crippen LogP contribution in [0.15, 0.2) is 78.3 Å². The molecule has 0 fully saturated rings. The number of aryl methyl sites for hydroxylation is 1. The molecule has 2 amide bonds. The van der Waals surface area contributed by atoms with Crippen molar-refractivity contribution in [3.63, 3.8) is 0 Å². The van der Waals surface area contributed by atoms with Gasteiger partial charge in [0.25, 0.3) is 11.8 Å². The maximum atomic E-state index is 13.0. The molecule has 3 aromatic heterocycles. The number of halogens is 3. The molecule has 0 atom stereocenters. The number of hydrogen-bond acceptors (Lipinski definition) is 6. The summed E-state index contributed by atoms with van der Waals surface area (Å²) in [6.45, 7) is 1.85. The SMILES string of the molecule is Cc1ccsc1C(=O)Nc1cn2nc(Oc3cccc(NC(=O)c4cccc(C(F)(F)F)c4)c3)ccc2n1. The number of carbonyl (C=O) groups excluding carboxylic acids is 2. The zero-order valence-electron chi connectivity index (χ0n) is 19.6. The van der Waals surface area contributed by atoms with Crippen LogP contribution in [0.2, 0.25) is 0 Å². The molecule has 0 aliphatic carbocycles. The van der Waals surface area contributed by atoms with E-state index in [1.807, 2.05) is 18.4 Å². The highest BCUT2D eigenvalue weighted by atomic mass is 32.1. The summed E-state index contributed by atoms with van der Waals surface area (Å²) in [5, 5.41) is 11.5. The van der Waals surface area contributed by atoms with Gasteiger partial charge in [-0.25, -0.2) is 9.50 Å². The second kappa shape index (κ2) is 9.98. The van der Waals surface area contributed by atoms with Crippen LogP contribution in [0.25, 0.3) is 5.65 Å². The number of hydrogen-bond donors (Lipinski definition) is 2. The lowest BCUT2D eigenvalue weighted by atomic mass is 10.1. The molecule has 0 radical (unpaired) electrons. The number of nitrogens with zero attached hydrogens (tertiary/aromatic N) is 3. The zero-order chi connectivity index (χ0) is 26.9. The lowest BCUT2D eigenvalue weighted by Crippen LogP contribution is -2.13. The predicted molar refractivity (Wildman–Crippen MR) is 136 cm³/mol. The van der Waals surface area contributed by atoms with Gasteiger partial charge in [0, 0.05) is 23.4 Å². The summed E-state index contributed by atoms with van der Waals surface area (Å²) in [5.41, 5.74) is 0.640. The number of fused-ring (bicyclic) bond motifs is 1. The number of ether oxygens (including phenoxy) is 1. The van der Waals surface area contributed by atoms with Crippen molar-refractivity contribution in [2.24, 2.45) is 0 Å². The molecule has 38 heavy (non-hydrogen) atoms. The lowest BCUT2D eigenvalue weighted by molar-refractivity contribution is -0.137. The second-order valence-corrected chi connectivity index (χ2v) is 9.07. The number of amides is 2. The molecule has 0 saturated carbocycles. The van der Waals surface area contributed by atoms with Crippen molar-refractivity contribution >= 4 is 40.3 Å². The van der Waals surface area contributed by atoms with Crippen molar-refractivity contribution in [2.75, 3.05) is 10.6 Å². The largest absolute Gasteiger partial charge is 0.438 e. The van der Waals surface area contributed by atoms with Gasteiger partial charge in [0.05, 0.1) is 16.6 Å². The van der Waals surface area contributed by atoms with Gasteiger partial charge < -0.3 is 15.4 Å². The van der Waals surface area contributed by atoms with E-state index >= 15 is 0 Å². The lowest BCUT2D eigenvalue weighted by Gasteiger charge is -2.10. The van der Waals surface area contributed by atoms with Gasteiger partial charge in [-0.2, -0.15) is 13.2 Å². The molecule has 5 aromatic rings. The molecule has 5 rings (SSSR count). The summed E-state index contributed by atoms with van der Waals surface area (Å²) in [5.74, 6) is -0.0876.